The molecule has 22 heavy (non-hydrogen) atoms. The summed E-state index contributed by atoms with van der Waals surface area (Å²) in [5.74, 6) is 0.316. The number of nitrogens with zero attached hydrogens (tertiary/aromatic N) is 1. The van der Waals surface area contributed by atoms with E-state index in [0.717, 1.165) is 11.8 Å². The van der Waals surface area contributed by atoms with E-state index < -0.39 is 5.91 Å². The van der Waals surface area contributed by atoms with Gasteiger partial charge >= 0.3 is 0 Å². The van der Waals surface area contributed by atoms with Gasteiger partial charge in [0.1, 0.15) is 6.10 Å². The first-order valence-corrected chi connectivity index (χ1v) is 9.31. The zero-order valence-electron chi connectivity index (χ0n) is 13.8. The lowest BCUT2D eigenvalue weighted by molar-refractivity contribution is -0.292. The second kappa shape index (κ2) is 6.23. The van der Waals surface area contributed by atoms with Gasteiger partial charge in [-0.3, -0.25) is 0 Å². The topological polar surface area (TPSA) is 21.7 Å². The van der Waals surface area contributed by atoms with E-state index in [-0.39, 0.29) is 18.2 Å². The van der Waals surface area contributed by atoms with Gasteiger partial charge in [-0.15, -0.1) is 0 Å². The van der Waals surface area contributed by atoms with Crippen LogP contribution >= 0.6 is 15.9 Å². The van der Waals surface area contributed by atoms with Gasteiger partial charge < -0.3 is 9.47 Å². The van der Waals surface area contributed by atoms with Crippen molar-refractivity contribution in [2.24, 2.45) is 11.8 Å². The summed E-state index contributed by atoms with van der Waals surface area (Å²) in [7, 11) is 2.14. The number of halogens is 1. The first kappa shape index (κ1) is 16.4. The highest BCUT2D eigenvalue weighted by atomic mass is 79.9. The van der Waals surface area contributed by atoms with Crippen LogP contribution in [0.1, 0.15) is 38.9 Å². The van der Waals surface area contributed by atoms with Gasteiger partial charge in [-0.05, 0) is 31.9 Å². The summed E-state index contributed by atoms with van der Waals surface area (Å²) in [5, 5.41) is 0.861. The average Bonchev–Trinajstić information content (AvgIpc) is 3.02. The van der Waals surface area contributed by atoms with E-state index in [2.05, 4.69) is 72.9 Å². The Bertz CT molecular complexity index is 509. The molecule has 0 radical (unpaired) electrons. The highest BCUT2D eigenvalue weighted by molar-refractivity contribution is 9.09. The Morgan fingerprint density at radius 1 is 1.27 bits per heavy atom. The van der Waals surface area contributed by atoms with Gasteiger partial charge in [0, 0.05) is 17.3 Å². The second-order valence-electron chi connectivity index (χ2n) is 6.91. The first-order chi connectivity index (χ1) is 10.5. The predicted molar refractivity (Wildman–Crippen MR) is 91.8 cm³/mol. The van der Waals surface area contributed by atoms with Gasteiger partial charge in [-0.2, -0.15) is 0 Å². The minimum absolute atomic E-state index is 0.0570. The molecule has 0 aromatic heterocycles. The number of ether oxygens (including phenoxy) is 2. The first-order valence-electron chi connectivity index (χ1n) is 8.19. The van der Waals surface area contributed by atoms with Crippen LogP contribution in [0.2, 0.25) is 0 Å². The van der Waals surface area contributed by atoms with Crippen molar-refractivity contribution in [2.75, 3.05) is 12.4 Å². The second-order valence-corrected chi connectivity index (χ2v) is 7.56. The highest BCUT2D eigenvalue weighted by Gasteiger charge is 2.60. The van der Waals surface area contributed by atoms with Crippen LogP contribution in [-0.4, -0.2) is 35.3 Å². The Kier molecular flexibility index (Phi) is 4.66. The molecule has 0 bridgehead atoms. The van der Waals surface area contributed by atoms with E-state index in [1.165, 1.54) is 5.56 Å². The van der Waals surface area contributed by atoms with Gasteiger partial charge in [0.15, 0.2) is 0 Å². The van der Waals surface area contributed by atoms with Gasteiger partial charge in [-0.25, -0.2) is 4.90 Å². The molecule has 1 aromatic rings. The zero-order valence-corrected chi connectivity index (χ0v) is 15.4. The zero-order chi connectivity index (χ0) is 15.9. The van der Waals surface area contributed by atoms with Crippen LogP contribution in [0.4, 0.5) is 0 Å². The van der Waals surface area contributed by atoms with Crippen LogP contribution in [-0.2, 0) is 9.47 Å². The molecular formula is C18H26BrNO2. The smallest absolute Gasteiger partial charge is 0.234 e. The highest BCUT2D eigenvalue weighted by Crippen LogP contribution is 2.52. The van der Waals surface area contributed by atoms with Crippen molar-refractivity contribution in [3.05, 3.63) is 35.9 Å². The predicted octanol–water partition coefficient (Wildman–Crippen LogP) is 4.19. The Labute approximate surface area is 142 Å². The maximum atomic E-state index is 6.61. The van der Waals surface area contributed by atoms with E-state index in [0.29, 0.717) is 11.8 Å². The monoisotopic (exact) mass is 367 g/mol. The molecule has 1 spiro atoms. The third kappa shape index (κ3) is 2.54. The van der Waals surface area contributed by atoms with Crippen molar-refractivity contribution in [2.45, 2.75) is 51.4 Å². The lowest BCUT2D eigenvalue weighted by Crippen LogP contribution is -2.51. The van der Waals surface area contributed by atoms with E-state index in [9.17, 15) is 0 Å². The number of benzene rings is 1. The van der Waals surface area contributed by atoms with Gasteiger partial charge in [0.25, 0.3) is 0 Å². The molecule has 2 aliphatic rings. The molecule has 0 saturated carbocycles. The van der Waals surface area contributed by atoms with Crippen LogP contribution in [0.5, 0.6) is 0 Å². The summed E-state index contributed by atoms with van der Waals surface area (Å²) in [6.45, 7) is 6.77. The fraction of sp³-hybridized carbons (Fsp3) is 0.667. The fourth-order valence-corrected chi connectivity index (χ4v) is 4.29. The van der Waals surface area contributed by atoms with Crippen molar-refractivity contribution in [3.8, 4) is 0 Å². The molecule has 2 fully saturated rings. The lowest BCUT2D eigenvalue weighted by Gasteiger charge is -2.38. The molecule has 0 aliphatic carbocycles. The molecule has 2 saturated heterocycles. The number of likely N-dealkylation sites (N-methyl/N-ethyl adjacent to an activating group) is 1. The Morgan fingerprint density at radius 3 is 2.55 bits per heavy atom. The largest absolute Gasteiger partial charge is 0.333 e. The van der Waals surface area contributed by atoms with Crippen LogP contribution < -0.4 is 0 Å². The van der Waals surface area contributed by atoms with Crippen molar-refractivity contribution in [1.29, 1.82) is 0 Å². The van der Waals surface area contributed by atoms with E-state index in [1.807, 2.05) is 6.07 Å². The third-order valence-electron chi connectivity index (χ3n) is 5.26. The molecule has 122 valence electrons. The standard InChI is InChI=1S/C18H26BrNO2/c1-12(2)16-10-15(11-19)21-18(16)20(4)13(3)17(22-18)14-8-6-5-7-9-14/h5-9,12-13,15-17H,10-11H2,1-4H3/t13-,15-,16-,17+,18-/m0/s1. The number of rotatable bonds is 3. The van der Waals surface area contributed by atoms with E-state index >= 15 is 0 Å². The van der Waals surface area contributed by atoms with E-state index in [1.54, 1.807) is 0 Å². The van der Waals surface area contributed by atoms with Crippen LogP contribution in [0.3, 0.4) is 0 Å². The molecule has 4 heteroatoms. The minimum atomic E-state index is -0.591. The van der Waals surface area contributed by atoms with Crippen LogP contribution in [0.25, 0.3) is 0 Å². The van der Waals surface area contributed by atoms with Crippen molar-refractivity contribution >= 4 is 15.9 Å². The molecular weight excluding hydrogens is 342 g/mol. The number of alkyl halides is 1. The molecule has 0 amide bonds. The van der Waals surface area contributed by atoms with Crippen molar-refractivity contribution < 1.29 is 9.47 Å². The Hall–Kier alpha value is -0.420. The summed E-state index contributed by atoms with van der Waals surface area (Å²) in [5.41, 5.74) is 1.23. The molecule has 1 aromatic carbocycles. The summed E-state index contributed by atoms with van der Waals surface area (Å²) >= 11 is 3.58. The van der Waals surface area contributed by atoms with Gasteiger partial charge in [-0.1, -0.05) is 60.1 Å². The maximum absolute atomic E-state index is 6.61. The quantitative estimate of drug-likeness (QED) is 0.747. The third-order valence-corrected chi connectivity index (χ3v) is 5.98. The van der Waals surface area contributed by atoms with Gasteiger partial charge in [0.05, 0.1) is 6.10 Å². The Balaban J connectivity index is 1.93. The minimum Gasteiger partial charge on any atom is -0.333 e. The molecule has 3 rings (SSSR count). The summed E-state index contributed by atoms with van der Waals surface area (Å²) in [4.78, 5) is 2.30. The summed E-state index contributed by atoms with van der Waals surface area (Å²) in [6.07, 6.45) is 1.32. The van der Waals surface area contributed by atoms with Crippen LogP contribution in [0, 0.1) is 11.8 Å². The molecule has 3 nitrogen and oxygen atoms in total. The SMILES string of the molecule is CC(C)[C@@H]1C[C@@H](CBr)O[C@]12O[C@@H](c1ccccc1)[C@H](C)N2C. The number of hydrogen-bond donors (Lipinski definition) is 0. The lowest BCUT2D eigenvalue weighted by atomic mass is 9.89. The molecule has 0 N–H and O–H groups in total. The Morgan fingerprint density at radius 2 is 1.95 bits per heavy atom. The van der Waals surface area contributed by atoms with Gasteiger partial charge in [0.2, 0.25) is 5.91 Å². The van der Waals surface area contributed by atoms with Crippen LogP contribution in [0.15, 0.2) is 30.3 Å². The molecule has 2 heterocycles. The fourth-order valence-electron chi connectivity index (χ4n) is 3.89. The molecule has 0 unspecified atom stereocenters. The van der Waals surface area contributed by atoms with E-state index in [4.69, 9.17) is 9.47 Å². The number of hydrogen-bond acceptors (Lipinski definition) is 3. The molecule has 5 atom stereocenters. The normalized spacial score (nSPS) is 39.2. The maximum Gasteiger partial charge on any atom is 0.234 e. The average molecular weight is 368 g/mol. The summed E-state index contributed by atoms with van der Waals surface area (Å²) < 4.78 is 13.0. The summed E-state index contributed by atoms with van der Waals surface area (Å²) in [6, 6.07) is 10.8. The molecule has 2 aliphatic heterocycles. The van der Waals surface area contributed by atoms with Crippen molar-refractivity contribution in [1.82, 2.24) is 4.90 Å². The van der Waals surface area contributed by atoms with Crippen molar-refractivity contribution in [3.63, 3.8) is 0 Å².